The molecule has 0 fully saturated rings. The molecule has 0 saturated heterocycles. The molecule has 0 aliphatic carbocycles. The van der Waals surface area contributed by atoms with Crippen molar-refractivity contribution in [2.45, 2.75) is 19.0 Å². The zero-order valence-corrected chi connectivity index (χ0v) is 13.4. The molecule has 1 atom stereocenters. The number of carbonyl (C=O) groups is 2. The summed E-state index contributed by atoms with van der Waals surface area (Å²) in [6, 6.07) is 3.09. The van der Waals surface area contributed by atoms with Crippen LogP contribution in [0.4, 0.5) is 0 Å². The second-order valence-electron chi connectivity index (χ2n) is 4.43. The van der Waals surface area contributed by atoms with Crippen LogP contribution in [0.15, 0.2) is 30.2 Å². The molecule has 21 heavy (non-hydrogen) atoms. The fourth-order valence-corrected chi connectivity index (χ4v) is 3.23. The Morgan fingerprint density at radius 2 is 2.33 bits per heavy atom. The largest absolute Gasteiger partial charge is 0.480 e. The van der Waals surface area contributed by atoms with Gasteiger partial charge < -0.3 is 15.7 Å². The maximum Gasteiger partial charge on any atom is 0.320 e. The number of carbonyl (C=O) groups excluding carboxylic acids is 1. The lowest BCUT2D eigenvalue weighted by Gasteiger charge is -2.20. The van der Waals surface area contributed by atoms with Crippen LogP contribution < -0.4 is 5.73 Å². The van der Waals surface area contributed by atoms with E-state index in [1.807, 2.05) is 17.5 Å². The van der Waals surface area contributed by atoms with Crippen molar-refractivity contribution in [2.24, 2.45) is 5.73 Å². The van der Waals surface area contributed by atoms with E-state index in [9.17, 15) is 9.59 Å². The molecule has 5 nitrogen and oxygen atoms in total. The van der Waals surface area contributed by atoms with E-state index in [0.717, 1.165) is 4.88 Å². The Hall–Kier alpha value is -1.31. The third-order valence-corrected chi connectivity index (χ3v) is 4.58. The number of rotatable bonds is 10. The van der Waals surface area contributed by atoms with Crippen LogP contribution >= 0.6 is 23.1 Å². The van der Waals surface area contributed by atoms with E-state index in [2.05, 4.69) is 6.58 Å². The van der Waals surface area contributed by atoms with Gasteiger partial charge in [0.05, 0.1) is 12.3 Å². The Bertz CT molecular complexity index is 463. The SMILES string of the molecule is C=CCN(Cc1cccs1)C(=O)CSCCC(N)C(=O)O. The topological polar surface area (TPSA) is 83.6 Å². The van der Waals surface area contributed by atoms with Gasteiger partial charge in [0.15, 0.2) is 0 Å². The van der Waals surface area contributed by atoms with Crippen molar-refractivity contribution in [3.8, 4) is 0 Å². The molecule has 0 radical (unpaired) electrons. The van der Waals surface area contributed by atoms with Crippen molar-refractivity contribution in [1.29, 1.82) is 0 Å². The summed E-state index contributed by atoms with van der Waals surface area (Å²) < 4.78 is 0. The van der Waals surface area contributed by atoms with Gasteiger partial charge in [0.1, 0.15) is 6.04 Å². The predicted molar refractivity (Wildman–Crippen MR) is 87.5 cm³/mol. The van der Waals surface area contributed by atoms with E-state index < -0.39 is 12.0 Å². The van der Waals surface area contributed by atoms with Gasteiger partial charge in [-0.3, -0.25) is 9.59 Å². The Morgan fingerprint density at radius 3 is 2.90 bits per heavy atom. The van der Waals surface area contributed by atoms with Gasteiger partial charge in [0, 0.05) is 11.4 Å². The molecule has 1 amide bonds. The molecule has 1 unspecified atom stereocenters. The van der Waals surface area contributed by atoms with Crippen LogP contribution in [-0.2, 0) is 16.1 Å². The van der Waals surface area contributed by atoms with E-state index in [-0.39, 0.29) is 5.91 Å². The molecule has 116 valence electrons. The minimum absolute atomic E-state index is 0.0252. The first-order valence-electron chi connectivity index (χ1n) is 6.51. The molecule has 1 aromatic heterocycles. The number of hydrogen-bond donors (Lipinski definition) is 2. The second kappa shape index (κ2) is 9.59. The minimum Gasteiger partial charge on any atom is -0.480 e. The van der Waals surface area contributed by atoms with Crippen LogP contribution in [0.3, 0.4) is 0 Å². The molecule has 0 aliphatic rings. The van der Waals surface area contributed by atoms with Crippen molar-refractivity contribution in [2.75, 3.05) is 18.1 Å². The molecule has 7 heteroatoms. The lowest BCUT2D eigenvalue weighted by atomic mass is 10.2. The summed E-state index contributed by atoms with van der Waals surface area (Å²) in [6.07, 6.45) is 2.07. The van der Waals surface area contributed by atoms with Crippen LogP contribution in [0.5, 0.6) is 0 Å². The highest BCUT2D eigenvalue weighted by molar-refractivity contribution is 7.99. The number of nitrogens with zero attached hydrogens (tertiary/aromatic N) is 1. The maximum absolute atomic E-state index is 12.2. The van der Waals surface area contributed by atoms with E-state index in [4.69, 9.17) is 10.8 Å². The lowest BCUT2D eigenvalue weighted by Crippen LogP contribution is -2.32. The van der Waals surface area contributed by atoms with Gasteiger partial charge >= 0.3 is 5.97 Å². The molecule has 0 aliphatic heterocycles. The van der Waals surface area contributed by atoms with Crippen LogP contribution in [-0.4, -0.2) is 46.0 Å². The van der Waals surface area contributed by atoms with Crippen molar-refractivity contribution in [3.05, 3.63) is 35.0 Å². The molecule has 1 heterocycles. The normalized spacial score (nSPS) is 11.9. The smallest absolute Gasteiger partial charge is 0.320 e. The van der Waals surface area contributed by atoms with E-state index in [1.54, 1.807) is 22.3 Å². The number of carboxylic acids is 1. The third-order valence-electron chi connectivity index (χ3n) is 2.74. The van der Waals surface area contributed by atoms with Gasteiger partial charge in [-0.15, -0.1) is 17.9 Å². The Kier molecular flexibility index (Phi) is 8.11. The lowest BCUT2D eigenvalue weighted by molar-refractivity contribution is -0.138. The van der Waals surface area contributed by atoms with Gasteiger partial charge in [-0.25, -0.2) is 0 Å². The first-order chi connectivity index (χ1) is 10.0. The summed E-state index contributed by atoms with van der Waals surface area (Å²) in [5, 5.41) is 10.7. The Labute approximate surface area is 132 Å². The van der Waals surface area contributed by atoms with E-state index >= 15 is 0 Å². The third kappa shape index (κ3) is 6.79. The highest BCUT2D eigenvalue weighted by atomic mass is 32.2. The molecular weight excluding hydrogens is 308 g/mol. The second-order valence-corrected chi connectivity index (χ2v) is 6.57. The Balaban J connectivity index is 2.35. The quantitative estimate of drug-likeness (QED) is 0.505. The molecule has 0 spiro atoms. The van der Waals surface area contributed by atoms with Crippen molar-refractivity contribution < 1.29 is 14.7 Å². The monoisotopic (exact) mass is 328 g/mol. The predicted octanol–water partition coefficient (Wildman–Crippen LogP) is 1.80. The van der Waals surface area contributed by atoms with Crippen molar-refractivity contribution in [3.63, 3.8) is 0 Å². The molecule has 3 N–H and O–H groups in total. The minimum atomic E-state index is -1.01. The fraction of sp³-hybridized carbons (Fsp3) is 0.429. The van der Waals surface area contributed by atoms with Crippen LogP contribution in [0.2, 0.25) is 0 Å². The number of thioether (sulfide) groups is 1. The summed E-state index contributed by atoms with van der Waals surface area (Å²) >= 11 is 3.02. The molecule has 0 saturated carbocycles. The standard InChI is InChI=1S/C14H20N2O3S2/c1-2-6-16(9-11-4-3-7-21-11)13(17)10-20-8-5-12(15)14(18)19/h2-4,7,12H,1,5-6,8-10,15H2,(H,18,19). The molecule has 1 rings (SSSR count). The number of hydrogen-bond acceptors (Lipinski definition) is 5. The highest BCUT2D eigenvalue weighted by Gasteiger charge is 2.15. The molecule has 1 aromatic rings. The van der Waals surface area contributed by atoms with E-state index in [0.29, 0.717) is 31.0 Å². The Morgan fingerprint density at radius 1 is 1.57 bits per heavy atom. The summed E-state index contributed by atoms with van der Waals surface area (Å²) in [5.41, 5.74) is 5.41. The number of nitrogens with two attached hydrogens (primary N) is 1. The summed E-state index contributed by atoms with van der Waals surface area (Å²) in [5.74, 6) is -0.101. The van der Waals surface area contributed by atoms with Gasteiger partial charge in [-0.05, 0) is 23.6 Å². The first kappa shape index (κ1) is 17.7. The maximum atomic E-state index is 12.2. The van der Waals surface area contributed by atoms with Crippen LogP contribution in [0.25, 0.3) is 0 Å². The van der Waals surface area contributed by atoms with Gasteiger partial charge in [-0.1, -0.05) is 12.1 Å². The summed E-state index contributed by atoms with van der Waals surface area (Å²) in [6.45, 7) is 4.76. The average Bonchev–Trinajstić information content (AvgIpc) is 2.95. The average molecular weight is 328 g/mol. The highest BCUT2D eigenvalue weighted by Crippen LogP contribution is 2.14. The number of carboxylic acid groups (broad SMARTS) is 1. The van der Waals surface area contributed by atoms with Crippen molar-refractivity contribution >= 4 is 35.0 Å². The fourth-order valence-electron chi connectivity index (χ4n) is 1.59. The van der Waals surface area contributed by atoms with Crippen LogP contribution in [0.1, 0.15) is 11.3 Å². The van der Waals surface area contributed by atoms with Gasteiger partial charge in [0.2, 0.25) is 5.91 Å². The molecule has 0 bridgehead atoms. The van der Waals surface area contributed by atoms with Crippen molar-refractivity contribution in [1.82, 2.24) is 4.90 Å². The van der Waals surface area contributed by atoms with Crippen LogP contribution in [0, 0.1) is 0 Å². The number of amides is 1. The number of thiophene rings is 1. The van der Waals surface area contributed by atoms with Gasteiger partial charge in [0.25, 0.3) is 0 Å². The number of aliphatic carboxylic acids is 1. The zero-order valence-electron chi connectivity index (χ0n) is 11.7. The zero-order chi connectivity index (χ0) is 15.7. The summed E-state index contributed by atoms with van der Waals surface area (Å²) in [7, 11) is 0. The van der Waals surface area contributed by atoms with Gasteiger partial charge in [-0.2, -0.15) is 11.8 Å². The molecular formula is C14H20N2O3S2. The summed E-state index contributed by atoms with van der Waals surface area (Å²) in [4.78, 5) is 25.6. The van der Waals surface area contributed by atoms with E-state index in [1.165, 1.54) is 11.8 Å². The first-order valence-corrected chi connectivity index (χ1v) is 8.55. The molecule has 0 aromatic carbocycles.